The molecule has 2 fully saturated rings. The lowest BCUT2D eigenvalue weighted by Crippen LogP contribution is -2.49. The zero-order chi connectivity index (χ0) is 20.9. The second-order valence-corrected chi connectivity index (χ2v) is 11.6. The van der Waals surface area contributed by atoms with Gasteiger partial charge in [-0.15, -0.1) is 0 Å². The lowest BCUT2D eigenvalue weighted by molar-refractivity contribution is -0.158. The first kappa shape index (κ1) is 25.9. The zero-order valence-electron chi connectivity index (χ0n) is 20.0. The van der Waals surface area contributed by atoms with E-state index < -0.39 is 0 Å². The molecule has 0 radical (unpaired) electrons. The standard InChI is InChI=1S/2C8H16O.C7H16O/c2*1-7(2,3)8(4)5-9-6-8;1-5-6-8-7(2,3)4/h2*5-6H2,1-4H3;5-6H2,1-4H3. The van der Waals surface area contributed by atoms with Gasteiger partial charge in [0, 0.05) is 17.4 Å². The summed E-state index contributed by atoms with van der Waals surface area (Å²) >= 11 is 0. The van der Waals surface area contributed by atoms with Gasteiger partial charge >= 0.3 is 0 Å². The van der Waals surface area contributed by atoms with E-state index in [0.717, 1.165) is 39.5 Å². The van der Waals surface area contributed by atoms with Crippen LogP contribution in [0.2, 0.25) is 0 Å². The van der Waals surface area contributed by atoms with Gasteiger partial charge in [-0.2, -0.15) is 0 Å². The fourth-order valence-corrected chi connectivity index (χ4v) is 2.09. The normalized spacial score (nSPS) is 21.2. The van der Waals surface area contributed by atoms with Gasteiger partial charge in [0.05, 0.1) is 32.0 Å². The topological polar surface area (TPSA) is 27.7 Å². The van der Waals surface area contributed by atoms with Gasteiger partial charge in [0.2, 0.25) is 0 Å². The Morgan fingerprint density at radius 3 is 1.04 bits per heavy atom. The van der Waals surface area contributed by atoms with Crippen molar-refractivity contribution in [2.45, 2.75) is 95.1 Å². The van der Waals surface area contributed by atoms with Crippen LogP contribution in [0.3, 0.4) is 0 Å². The highest BCUT2D eigenvalue weighted by Gasteiger charge is 2.44. The number of ether oxygens (including phenoxy) is 3. The van der Waals surface area contributed by atoms with Crippen LogP contribution in [0.25, 0.3) is 0 Å². The van der Waals surface area contributed by atoms with Gasteiger partial charge in [-0.25, -0.2) is 0 Å². The quantitative estimate of drug-likeness (QED) is 0.565. The maximum absolute atomic E-state index is 5.38. The Morgan fingerprint density at radius 1 is 0.692 bits per heavy atom. The molecule has 2 aliphatic heterocycles. The van der Waals surface area contributed by atoms with Crippen molar-refractivity contribution in [2.24, 2.45) is 21.7 Å². The molecule has 2 rings (SSSR count). The maximum Gasteiger partial charge on any atom is 0.0598 e. The van der Waals surface area contributed by atoms with E-state index in [0.29, 0.717) is 21.7 Å². The van der Waals surface area contributed by atoms with E-state index in [-0.39, 0.29) is 5.60 Å². The van der Waals surface area contributed by atoms with E-state index in [2.05, 4.69) is 83.1 Å². The van der Waals surface area contributed by atoms with Crippen LogP contribution >= 0.6 is 0 Å². The van der Waals surface area contributed by atoms with E-state index in [1.807, 2.05) is 0 Å². The summed E-state index contributed by atoms with van der Waals surface area (Å²) in [6.07, 6.45) is 1.11. The molecule has 2 heterocycles. The molecule has 0 aromatic heterocycles. The highest BCUT2D eigenvalue weighted by Crippen LogP contribution is 2.44. The molecule has 0 aromatic rings. The van der Waals surface area contributed by atoms with Gasteiger partial charge in [0.25, 0.3) is 0 Å². The van der Waals surface area contributed by atoms with Crippen LogP contribution in [0.5, 0.6) is 0 Å². The van der Waals surface area contributed by atoms with Gasteiger partial charge in [-0.1, -0.05) is 62.3 Å². The molecule has 0 bridgehead atoms. The Hall–Kier alpha value is -0.120. The Morgan fingerprint density at radius 2 is 1.00 bits per heavy atom. The SMILES string of the molecule is CC(C)(C)C1(C)COC1.CC(C)(C)C1(C)COC1.CCCOC(C)(C)C. The number of hydrogen-bond donors (Lipinski definition) is 0. The van der Waals surface area contributed by atoms with E-state index in [9.17, 15) is 0 Å². The first-order valence-corrected chi connectivity index (χ1v) is 10.3. The smallest absolute Gasteiger partial charge is 0.0598 e. The summed E-state index contributed by atoms with van der Waals surface area (Å²) in [5.74, 6) is 0. The molecule has 0 atom stereocenters. The van der Waals surface area contributed by atoms with Crippen molar-refractivity contribution >= 4 is 0 Å². The molecular weight excluding hydrogens is 324 g/mol. The molecule has 0 aliphatic carbocycles. The molecule has 2 saturated heterocycles. The highest BCUT2D eigenvalue weighted by molar-refractivity contribution is 4.91. The summed E-state index contributed by atoms with van der Waals surface area (Å²) in [6, 6.07) is 0. The third-order valence-corrected chi connectivity index (χ3v) is 6.04. The van der Waals surface area contributed by atoms with Crippen LogP contribution in [-0.2, 0) is 14.2 Å². The van der Waals surface area contributed by atoms with Crippen molar-refractivity contribution in [3.8, 4) is 0 Å². The lowest BCUT2D eigenvalue weighted by Gasteiger charge is -2.48. The van der Waals surface area contributed by atoms with E-state index in [1.165, 1.54) is 0 Å². The first-order valence-electron chi connectivity index (χ1n) is 10.3. The molecule has 0 N–H and O–H groups in total. The molecule has 26 heavy (non-hydrogen) atoms. The molecule has 0 aromatic carbocycles. The van der Waals surface area contributed by atoms with Crippen molar-refractivity contribution < 1.29 is 14.2 Å². The van der Waals surface area contributed by atoms with Gasteiger partial charge in [-0.05, 0) is 38.0 Å². The van der Waals surface area contributed by atoms with Crippen molar-refractivity contribution in [1.29, 1.82) is 0 Å². The van der Waals surface area contributed by atoms with Crippen LogP contribution in [0.4, 0.5) is 0 Å². The van der Waals surface area contributed by atoms with E-state index in [1.54, 1.807) is 0 Å². The minimum Gasteiger partial charge on any atom is -0.380 e. The van der Waals surface area contributed by atoms with Crippen LogP contribution < -0.4 is 0 Å². The fraction of sp³-hybridized carbons (Fsp3) is 1.00. The van der Waals surface area contributed by atoms with Crippen LogP contribution in [0, 0.1) is 21.7 Å². The average Bonchev–Trinajstić information content (AvgIpc) is 2.38. The Kier molecular flexibility index (Phi) is 9.34. The Labute approximate surface area is 164 Å². The molecule has 0 unspecified atom stereocenters. The Balaban J connectivity index is 0.000000362. The highest BCUT2D eigenvalue weighted by atomic mass is 16.5. The second kappa shape index (κ2) is 9.39. The lowest BCUT2D eigenvalue weighted by atomic mass is 9.67. The second-order valence-electron chi connectivity index (χ2n) is 11.6. The summed E-state index contributed by atoms with van der Waals surface area (Å²) in [5, 5.41) is 0. The predicted octanol–water partition coefficient (Wildman–Crippen LogP) is 6.35. The molecule has 0 amide bonds. The molecule has 0 spiro atoms. The zero-order valence-corrected chi connectivity index (χ0v) is 20.0. The summed E-state index contributed by atoms with van der Waals surface area (Å²) in [5.41, 5.74) is 1.74. The largest absolute Gasteiger partial charge is 0.380 e. The van der Waals surface area contributed by atoms with Crippen LogP contribution in [-0.4, -0.2) is 38.6 Å². The summed E-state index contributed by atoms with van der Waals surface area (Å²) in [4.78, 5) is 0. The third-order valence-electron chi connectivity index (χ3n) is 6.04. The third kappa shape index (κ3) is 8.27. The van der Waals surface area contributed by atoms with Gasteiger partial charge < -0.3 is 14.2 Å². The monoisotopic (exact) mass is 372 g/mol. The van der Waals surface area contributed by atoms with Gasteiger partial charge in [0.1, 0.15) is 0 Å². The van der Waals surface area contributed by atoms with Crippen LogP contribution in [0.15, 0.2) is 0 Å². The van der Waals surface area contributed by atoms with Crippen molar-refractivity contribution in [3.05, 3.63) is 0 Å². The maximum atomic E-state index is 5.38. The summed E-state index contributed by atoms with van der Waals surface area (Å²) < 4.78 is 15.7. The van der Waals surface area contributed by atoms with E-state index in [4.69, 9.17) is 14.2 Å². The number of rotatable bonds is 2. The molecule has 3 nitrogen and oxygen atoms in total. The van der Waals surface area contributed by atoms with Crippen molar-refractivity contribution in [1.82, 2.24) is 0 Å². The molecule has 3 heteroatoms. The number of hydrogen-bond acceptors (Lipinski definition) is 3. The van der Waals surface area contributed by atoms with Gasteiger partial charge in [-0.3, -0.25) is 0 Å². The first-order chi connectivity index (χ1) is 11.5. The molecule has 2 aliphatic rings. The molecule has 0 saturated carbocycles. The van der Waals surface area contributed by atoms with Gasteiger partial charge in [0.15, 0.2) is 0 Å². The fourth-order valence-electron chi connectivity index (χ4n) is 2.09. The minimum atomic E-state index is 0.0516. The predicted molar refractivity (Wildman–Crippen MR) is 113 cm³/mol. The molecule has 158 valence electrons. The van der Waals surface area contributed by atoms with Crippen LogP contribution in [0.1, 0.15) is 89.5 Å². The van der Waals surface area contributed by atoms with E-state index >= 15 is 0 Å². The Bertz CT molecular complexity index is 355. The minimum absolute atomic E-state index is 0.0516. The van der Waals surface area contributed by atoms with Crippen molar-refractivity contribution in [2.75, 3.05) is 33.0 Å². The van der Waals surface area contributed by atoms with Crippen molar-refractivity contribution in [3.63, 3.8) is 0 Å². The molecular formula is C23H48O3. The average molecular weight is 373 g/mol. The summed E-state index contributed by atoms with van der Waals surface area (Å²) in [7, 11) is 0. The summed E-state index contributed by atoms with van der Waals surface area (Å²) in [6.45, 7) is 31.2.